The third-order valence-electron chi connectivity index (χ3n) is 5.03. The van der Waals surface area contributed by atoms with Crippen molar-refractivity contribution in [2.24, 2.45) is 0 Å². The summed E-state index contributed by atoms with van der Waals surface area (Å²) in [5.41, 5.74) is 0. The number of rotatable bonds is 12. The quantitative estimate of drug-likeness (QED) is 0.393. The number of quaternary nitrogens is 2. The Bertz CT molecular complexity index is 189. The fourth-order valence-corrected chi connectivity index (χ4v) is 2.28. The SMILES string of the molecule is CC[N+](C)(CC)CCCOCCC[N+](C)(CC)CC. The lowest BCUT2D eigenvalue weighted by atomic mass is 10.3. The highest BCUT2D eigenvalue weighted by molar-refractivity contribution is 4.41. The highest BCUT2D eigenvalue weighted by atomic mass is 16.5. The van der Waals surface area contributed by atoms with Gasteiger partial charge in [0.2, 0.25) is 0 Å². The van der Waals surface area contributed by atoms with E-state index in [0.29, 0.717) is 0 Å². The Kier molecular flexibility index (Phi) is 9.67. The van der Waals surface area contributed by atoms with Crippen LogP contribution in [0.1, 0.15) is 40.5 Å². The molecule has 0 aromatic heterocycles. The van der Waals surface area contributed by atoms with Crippen LogP contribution in [0.25, 0.3) is 0 Å². The molecule has 0 bridgehead atoms. The molecule has 19 heavy (non-hydrogen) atoms. The molecule has 0 unspecified atom stereocenters. The molecule has 0 aliphatic heterocycles. The number of ether oxygens (including phenoxy) is 1. The zero-order valence-corrected chi connectivity index (χ0v) is 14.4. The van der Waals surface area contributed by atoms with Crippen molar-refractivity contribution < 1.29 is 13.7 Å². The van der Waals surface area contributed by atoms with Crippen molar-refractivity contribution in [3.8, 4) is 0 Å². The van der Waals surface area contributed by atoms with Gasteiger partial charge in [0, 0.05) is 12.8 Å². The third kappa shape index (κ3) is 7.91. The topological polar surface area (TPSA) is 9.23 Å². The zero-order valence-electron chi connectivity index (χ0n) is 14.4. The number of hydrogen-bond donors (Lipinski definition) is 0. The molecular weight excluding hydrogens is 236 g/mol. The van der Waals surface area contributed by atoms with Crippen molar-refractivity contribution in [3.05, 3.63) is 0 Å². The lowest BCUT2D eigenvalue weighted by Crippen LogP contribution is -2.45. The van der Waals surface area contributed by atoms with Gasteiger partial charge >= 0.3 is 0 Å². The van der Waals surface area contributed by atoms with Gasteiger partial charge in [-0.1, -0.05) is 0 Å². The van der Waals surface area contributed by atoms with Crippen LogP contribution in [0.2, 0.25) is 0 Å². The molecule has 0 heterocycles. The van der Waals surface area contributed by atoms with E-state index in [1.54, 1.807) is 0 Å². The maximum Gasteiger partial charge on any atom is 0.0806 e. The zero-order chi connectivity index (χ0) is 14.8. The maximum absolute atomic E-state index is 5.78. The third-order valence-corrected chi connectivity index (χ3v) is 5.03. The van der Waals surface area contributed by atoms with Gasteiger partial charge in [-0.25, -0.2) is 0 Å². The van der Waals surface area contributed by atoms with Crippen molar-refractivity contribution in [1.29, 1.82) is 0 Å². The van der Waals surface area contributed by atoms with E-state index in [0.717, 1.165) is 13.2 Å². The first-order valence-corrected chi connectivity index (χ1v) is 8.20. The highest BCUT2D eigenvalue weighted by Gasteiger charge is 2.16. The van der Waals surface area contributed by atoms with Gasteiger partial charge < -0.3 is 13.7 Å². The van der Waals surface area contributed by atoms with Crippen molar-refractivity contribution in [3.63, 3.8) is 0 Å². The molecule has 0 spiro atoms. The summed E-state index contributed by atoms with van der Waals surface area (Å²) in [5, 5.41) is 0. The molecule has 0 atom stereocenters. The molecule has 3 nitrogen and oxygen atoms in total. The first-order chi connectivity index (χ1) is 8.95. The summed E-state index contributed by atoms with van der Waals surface area (Å²) in [6.45, 7) is 18.3. The first-order valence-electron chi connectivity index (χ1n) is 8.20. The van der Waals surface area contributed by atoms with Gasteiger partial charge in [0.15, 0.2) is 0 Å². The van der Waals surface area contributed by atoms with Crippen molar-refractivity contribution in [2.45, 2.75) is 40.5 Å². The van der Waals surface area contributed by atoms with Crippen molar-refractivity contribution >= 4 is 0 Å². The Morgan fingerprint density at radius 2 is 0.947 bits per heavy atom. The molecule has 0 aliphatic rings. The van der Waals surface area contributed by atoms with E-state index in [2.05, 4.69) is 41.8 Å². The molecule has 0 radical (unpaired) electrons. The van der Waals surface area contributed by atoms with Crippen LogP contribution in [-0.4, -0.2) is 75.5 Å². The van der Waals surface area contributed by atoms with Crippen LogP contribution in [0.5, 0.6) is 0 Å². The molecule has 116 valence electrons. The Morgan fingerprint density at radius 1 is 0.632 bits per heavy atom. The second-order valence-corrected chi connectivity index (χ2v) is 6.27. The van der Waals surface area contributed by atoms with E-state index in [1.807, 2.05) is 0 Å². The Morgan fingerprint density at radius 3 is 1.21 bits per heavy atom. The predicted octanol–water partition coefficient (Wildman–Crippen LogP) is 2.76. The Balaban J connectivity index is 3.56. The summed E-state index contributed by atoms with van der Waals surface area (Å²) in [6.07, 6.45) is 2.37. The molecular formula is C16H38N2O+2. The monoisotopic (exact) mass is 274 g/mol. The van der Waals surface area contributed by atoms with Crippen LogP contribution in [-0.2, 0) is 4.74 Å². The lowest BCUT2D eigenvalue weighted by Gasteiger charge is -2.32. The van der Waals surface area contributed by atoms with Gasteiger partial charge in [-0.05, 0) is 27.7 Å². The Hall–Kier alpha value is -0.120. The van der Waals surface area contributed by atoms with Crippen molar-refractivity contribution in [2.75, 3.05) is 66.6 Å². The number of hydrogen-bond acceptors (Lipinski definition) is 1. The standard InChI is InChI=1S/C16H38N2O/c1-7-17(5,8-2)13-11-15-19-16-12-14-18(6,9-3)10-4/h7-16H2,1-6H3/q+2. The minimum Gasteiger partial charge on any atom is -0.381 e. The average Bonchev–Trinajstić information content (AvgIpc) is 2.45. The van der Waals surface area contributed by atoms with Gasteiger partial charge in [-0.15, -0.1) is 0 Å². The summed E-state index contributed by atoms with van der Waals surface area (Å²) in [4.78, 5) is 0. The van der Waals surface area contributed by atoms with Crippen molar-refractivity contribution in [1.82, 2.24) is 0 Å². The van der Waals surface area contributed by atoms with Gasteiger partial charge in [-0.2, -0.15) is 0 Å². The molecule has 0 N–H and O–H groups in total. The normalized spacial score (nSPS) is 12.9. The van der Waals surface area contributed by atoms with E-state index in [1.165, 1.54) is 61.1 Å². The molecule has 0 saturated heterocycles. The van der Waals surface area contributed by atoms with E-state index in [9.17, 15) is 0 Å². The molecule has 0 aromatic rings. The van der Waals surface area contributed by atoms with E-state index >= 15 is 0 Å². The van der Waals surface area contributed by atoms with Crippen LogP contribution < -0.4 is 0 Å². The predicted molar refractivity (Wildman–Crippen MR) is 84.3 cm³/mol. The van der Waals surface area contributed by atoms with Crippen LogP contribution in [0, 0.1) is 0 Å². The minimum atomic E-state index is 0.926. The molecule has 3 heteroatoms. The van der Waals surface area contributed by atoms with E-state index in [4.69, 9.17) is 4.74 Å². The Labute approximate surface area is 121 Å². The molecule has 0 saturated carbocycles. The molecule has 0 amide bonds. The number of nitrogens with zero attached hydrogens (tertiary/aromatic N) is 2. The van der Waals surface area contributed by atoms with E-state index < -0.39 is 0 Å². The summed E-state index contributed by atoms with van der Waals surface area (Å²) in [6, 6.07) is 0. The largest absolute Gasteiger partial charge is 0.381 e. The van der Waals surface area contributed by atoms with Gasteiger partial charge in [0.25, 0.3) is 0 Å². The lowest BCUT2D eigenvalue weighted by molar-refractivity contribution is -0.906. The van der Waals surface area contributed by atoms with Crippen LogP contribution in [0.4, 0.5) is 0 Å². The molecule has 0 aromatic carbocycles. The summed E-state index contributed by atoms with van der Waals surface area (Å²) in [5.74, 6) is 0. The van der Waals surface area contributed by atoms with Crippen LogP contribution in [0.15, 0.2) is 0 Å². The summed E-state index contributed by atoms with van der Waals surface area (Å²) < 4.78 is 8.12. The van der Waals surface area contributed by atoms with E-state index in [-0.39, 0.29) is 0 Å². The van der Waals surface area contributed by atoms with Gasteiger partial charge in [0.05, 0.1) is 66.6 Å². The minimum absolute atomic E-state index is 0.926. The molecule has 0 fully saturated rings. The fourth-order valence-electron chi connectivity index (χ4n) is 2.28. The smallest absolute Gasteiger partial charge is 0.0806 e. The van der Waals surface area contributed by atoms with Crippen LogP contribution >= 0.6 is 0 Å². The summed E-state index contributed by atoms with van der Waals surface area (Å²) >= 11 is 0. The second kappa shape index (κ2) is 9.73. The second-order valence-electron chi connectivity index (χ2n) is 6.27. The summed E-state index contributed by atoms with van der Waals surface area (Å²) in [7, 11) is 4.68. The van der Waals surface area contributed by atoms with Gasteiger partial charge in [-0.3, -0.25) is 0 Å². The fraction of sp³-hybridized carbons (Fsp3) is 1.00. The highest BCUT2D eigenvalue weighted by Crippen LogP contribution is 2.05. The average molecular weight is 274 g/mol. The first kappa shape index (κ1) is 18.9. The molecule has 0 rings (SSSR count). The maximum atomic E-state index is 5.78. The molecule has 0 aliphatic carbocycles. The van der Waals surface area contributed by atoms with Gasteiger partial charge in [0.1, 0.15) is 0 Å². The van der Waals surface area contributed by atoms with Crippen LogP contribution in [0.3, 0.4) is 0 Å².